The standard InChI is InChI=1S/C9H7BrN2OS/c10-7-1-2-8(11-5-7)6-12-3-4-14-9(12)13/h1-5H,6H2. The first-order valence-electron chi connectivity index (χ1n) is 4.00. The second kappa shape index (κ2) is 4.06. The highest BCUT2D eigenvalue weighted by Gasteiger charge is 1.99. The maximum Gasteiger partial charge on any atom is 0.307 e. The number of rotatable bonds is 2. The summed E-state index contributed by atoms with van der Waals surface area (Å²) in [6.45, 7) is 0.537. The van der Waals surface area contributed by atoms with Crippen molar-refractivity contribution in [2.24, 2.45) is 0 Å². The van der Waals surface area contributed by atoms with E-state index >= 15 is 0 Å². The van der Waals surface area contributed by atoms with Crippen LogP contribution in [0.3, 0.4) is 0 Å². The Morgan fingerprint density at radius 1 is 1.50 bits per heavy atom. The zero-order valence-corrected chi connectivity index (χ0v) is 9.59. The lowest BCUT2D eigenvalue weighted by Gasteiger charge is -2.00. The van der Waals surface area contributed by atoms with Crippen LogP contribution >= 0.6 is 27.3 Å². The molecule has 0 bridgehead atoms. The van der Waals surface area contributed by atoms with E-state index in [1.54, 1.807) is 22.3 Å². The van der Waals surface area contributed by atoms with Crippen molar-refractivity contribution in [3.8, 4) is 0 Å². The highest BCUT2D eigenvalue weighted by Crippen LogP contribution is 2.08. The summed E-state index contributed by atoms with van der Waals surface area (Å²) >= 11 is 4.51. The average molecular weight is 271 g/mol. The molecule has 2 heterocycles. The number of hydrogen-bond donors (Lipinski definition) is 0. The smallest absolute Gasteiger partial charge is 0.300 e. The summed E-state index contributed by atoms with van der Waals surface area (Å²) in [5.74, 6) is 0. The highest BCUT2D eigenvalue weighted by molar-refractivity contribution is 9.10. The molecule has 2 rings (SSSR count). The second-order valence-corrected chi connectivity index (χ2v) is 4.54. The Labute approximate surface area is 93.2 Å². The molecule has 3 nitrogen and oxygen atoms in total. The Morgan fingerprint density at radius 3 is 2.93 bits per heavy atom. The fourth-order valence-electron chi connectivity index (χ4n) is 1.08. The van der Waals surface area contributed by atoms with Gasteiger partial charge in [0.1, 0.15) is 0 Å². The SMILES string of the molecule is O=c1sccn1Cc1ccc(Br)cn1. The van der Waals surface area contributed by atoms with E-state index < -0.39 is 0 Å². The largest absolute Gasteiger partial charge is 0.307 e. The van der Waals surface area contributed by atoms with Crippen molar-refractivity contribution in [3.63, 3.8) is 0 Å². The van der Waals surface area contributed by atoms with Crippen LogP contribution < -0.4 is 4.87 Å². The molecule has 0 atom stereocenters. The monoisotopic (exact) mass is 270 g/mol. The minimum Gasteiger partial charge on any atom is -0.300 e. The summed E-state index contributed by atoms with van der Waals surface area (Å²) in [5.41, 5.74) is 0.883. The van der Waals surface area contributed by atoms with Crippen LogP contribution in [-0.2, 0) is 6.54 Å². The van der Waals surface area contributed by atoms with Crippen LogP contribution in [0.15, 0.2) is 39.2 Å². The van der Waals surface area contributed by atoms with Crippen molar-refractivity contribution in [1.82, 2.24) is 9.55 Å². The molecule has 2 aromatic rings. The fourth-order valence-corrected chi connectivity index (χ4v) is 1.90. The number of nitrogens with zero attached hydrogens (tertiary/aromatic N) is 2. The molecular formula is C9H7BrN2OS. The van der Waals surface area contributed by atoms with Gasteiger partial charge in [-0.15, -0.1) is 0 Å². The molecule has 0 spiro atoms. The number of thiazole rings is 1. The third-order valence-corrected chi connectivity index (χ3v) is 2.93. The van der Waals surface area contributed by atoms with Gasteiger partial charge in [-0.1, -0.05) is 11.3 Å². The van der Waals surface area contributed by atoms with Crippen LogP contribution in [0.4, 0.5) is 0 Å². The van der Waals surface area contributed by atoms with Crippen molar-refractivity contribution in [1.29, 1.82) is 0 Å². The van der Waals surface area contributed by atoms with Gasteiger partial charge in [0.15, 0.2) is 0 Å². The molecule has 72 valence electrons. The van der Waals surface area contributed by atoms with Crippen molar-refractivity contribution < 1.29 is 0 Å². The van der Waals surface area contributed by atoms with Gasteiger partial charge < -0.3 is 0 Å². The lowest BCUT2D eigenvalue weighted by molar-refractivity contribution is 0.761. The summed E-state index contributed by atoms with van der Waals surface area (Å²) in [4.78, 5) is 15.5. The van der Waals surface area contributed by atoms with Gasteiger partial charge in [-0.3, -0.25) is 14.3 Å². The number of halogens is 1. The molecule has 0 aliphatic heterocycles. The van der Waals surface area contributed by atoms with Crippen LogP contribution in [-0.4, -0.2) is 9.55 Å². The maximum atomic E-state index is 11.2. The Bertz CT molecular complexity index is 474. The van der Waals surface area contributed by atoms with E-state index in [0.717, 1.165) is 10.2 Å². The summed E-state index contributed by atoms with van der Waals surface area (Å²) in [7, 11) is 0. The van der Waals surface area contributed by atoms with E-state index in [9.17, 15) is 4.79 Å². The Kier molecular flexibility index (Phi) is 2.79. The van der Waals surface area contributed by atoms with Crippen molar-refractivity contribution >= 4 is 27.3 Å². The molecule has 2 aromatic heterocycles. The predicted molar refractivity (Wildman–Crippen MR) is 59.6 cm³/mol. The normalized spacial score (nSPS) is 10.4. The van der Waals surface area contributed by atoms with Crippen molar-refractivity contribution in [2.75, 3.05) is 0 Å². The summed E-state index contributed by atoms with van der Waals surface area (Å²) in [5, 5.41) is 1.78. The van der Waals surface area contributed by atoms with Crippen molar-refractivity contribution in [3.05, 3.63) is 49.7 Å². The fraction of sp³-hybridized carbons (Fsp3) is 0.111. The first-order chi connectivity index (χ1) is 6.75. The molecule has 0 unspecified atom stereocenters. The quantitative estimate of drug-likeness (QED) is 0.838. The first-order valence-corrected chi connectivity index (χ1v) is 5.67. The highest BCUT2D eigenvalue weighted by atomic mass is 79.9. The van der Waals surface area contributed by atoms with E-state index in [-0.39, 0.29) is 4.87 Å². The maximum absolute atomic E-state index is 11.2. The van der Waals surface area contributed by atoms with E-state index in [0.29, 0.717) is 6.54 Å². The molecule has 0 fully saturated rings. The van der Waals surface area contributed by atoms with Crippen LogP contribution in [0.2, 0.25) is 0 Å². The Hall–Kier alpha value is -0.940. The molecule has 0 saturated carbocycles. The van der Waals surface area contributed by atoms with E-state index in [1.807, 2.05) is 12.1 Å². The van der Waals surface area contributed by atoms with Crippen LogP contribution in [0.25, 0.3) is 0 Å². The molecule has 0 radical (unpaired) electrons. The first kappa shape index (κ1) is 9.61. The Morgan fingerprint density at radius 2 is 2.36 bits per heavy atom. The minimum absolute atomic E-state index is 0.0507. The third kappa shape index (κ3) is 2.10. The van der Waals surface area contributed by atoms with Crippen LogP contribution in [0.5, 0.6) is 0 Å². The van der Waals surface area contributed by atoms with Gasteiger partial charge in [-0.25, -0.2) is 0 Å². The molecule has 14 heavy (non-hydrogen) atoms. The molecule has 0 saturated heterocycles. The van der Waals surface area contributed by atoms with Gasteiger partial charge >= 0.3 is 4.87 Å². The van der Waals surface area contributed by atoms with Gasteiger partial charge in [0.2, 0.25) is 0 Å². The summed E-state index contributed by atoms with van der Waals surface area (Å²) < 4.78 is 2.58. The third-order valence-electron chi connectivity index (χ3n) is 1.77. The molecule has 0 N–H and O–H groups in total. The molecular weight excluding hydrogens is 264 g/mol. The molecule has 0 aromatic carbocycles. The number of pyridine rings is 1. The molecule has 5 heteroatoms. The number of aromatic nitrogens is 2. The van der Waals surface area contributed by atoms with E-state index in [2.05, 4.69) is 20.9 Å². The van der Waals surface area contributed by atoms with E-state index in [4.69, 9.17) is 0 Å². The lowest BCUT2D eigenvalue weighted by Crippen LogP contribution is -2.13. The zero-order chi connectivity index (χ0) is 9.97. The lowest BCUT2D eigenvalue weighted by atomic mass is 10.3. The molecule has 0 amide bonds. The second-order valence-electron chi connectivity index (χ2n) is 2.76. The van der Waals surface area contributed by atoms with Gasteiger partial charge in [-0.2, -0.15) is 0 Å². The van der Waals surface area contributed by atoms with Gasteiger partial charge in [0, 0.05) is 22.2 Å². The van der Waals surface area contributed by atoms with Crippen molar-refractivity contribution in [2.45, 2.75) is 6.54 Å². The zero-order valence-electron chi connectivity index (χ0n) is 7.18. The average Bonchev–Trinajstić information content (AvgIpc) is 2.56. The predicted octanol–water partition coefficient (Wildman–Crippen LogP) is 2.12. The van der Waals surface area contributed by atoms with Gasteiger partial charge in [0.05, 0.1) is 12.2 Å². The topological polar surface area (TPSA) is 34.9 Å². The van der Waals surface area contributed by atoms with E-state index in [1.165, 1.54) is 11.3 Å². The minimum atomic E-state index is 0.0507. The van der Waals surface area contributed by atoms with Gasteiger partial charge in [0.25, 0.3) is 0 Å². The van der Waals surface area contributed by atoms with Crippen LogP contribution in [0, 0.1) is 0 Å². The number of hydrogen-bond acceptors (Lipinski definition) is 3. The molecule has 0 aliphatic carbocycles. The van der Waals surface area contributed by atoms with Gasteiger partial charge in [-0.05, 0) is 28.1 Å². The van der Waals surface area contributed by atoms with Crippen LogP contribution in [0.1, 0.15) is 5.69 Å². The summed E-state index contributed by atoms with van der Waals surface area (Å²) in [6.07, 6.45) is 3.50. The Balaban J connectivity index is 2.23. The molecule has 0 aliphatic rings. The summed E-state index contributed by atoms with van der Waals surface area (Å²) in [6, 6.07) is 3.81.